The summed E-state index contributed by atoms with van der Waals surface area (Å²) in [6, 6.07) is 6.41. The van der Waals surface area contributed by atoms with E-state index in [1.807, 2.05) is 29.7 Å². The van der Waals surface area contributed by atoms with E-state index >= 15 is 0 Å². The Morgan fingerprint density at radius 3 is 2.61 bits per heavy atom. The second kappa shape index (κ2) is 9.93. The Balaban J connectivity index is 1.51. The maximum Gasteiger partial charge on any atom is 0.291 e. The fourth-order valence-corrected chi connectivity index (χ4v) is 7.12. The van der Waals surface area contributed by atoms with Crippen molar-refractivity contribution in [2.75, 3.05) is 31.1 Å². The van der Waals surface area contributed by atoms with Crippen LogP contribution in [0.5, 0.6) is 0 Å². The molecule has 1 saturated carbocycles. The van der Waals surface area contributed by atoms with Gasteiger partial charge < -0.3 is 9.80 Å². The molecule has 16 heteroatoms. The van der Waals surface area contributed by atoms with Gasteiger partial charge in [0.15, 0.2) is 10.7 Å². The lowest BCUT2D eigenvalue weighted by molar-refractivity contribution is -0.131. The van der Waals surface area contributed by atoms with E-state index in [2.05, 4.69) is 24.9 Å². The van der Waals surface area contributed by atoms with Crippen molar-refractivity contribution >= 4 is 55.0 Å². The highest BCUT2D eigenvalue weighted by Crippen LogP contribution is 2.40. The molecule has 1 amide bonds. The highest BCUT2D eigenvalue weighted by molar-refractivity contribution is 7.89. The average molecular weight is 602 g/mol. The number of halogens is 2. The number of carbonyl (C=O) groups is 1. The highest BCUT2D eigenvalue weighted by Gasteiger charge is 2.47. The molecule has 4 aromatic rings. The van der Waals surface area contributed by atoms with Crippen molar-refractivity contribution in [1.82, 2.24) is 34.4 Å². The first-order chi connectivity index (χ1) is 19.5. The van der Waals surface area contributed by atoms with Gasteiger partial charge in [-0.2, -0.15) is 9.98 Å². The lowest BCUT2D eigenvalue weighted by Crippen LogP contribution is -2.51. The van der Waals surface area contributed by atoms with E-state index in [0.717, 1.165) is 0 Å². The fourth-order valence-electron chi connectivity index (χ4n) is 5.01. The van der Waals surface area contributed by atoms with E-state index < -0.39 is 27.0 Å². The molecule has 0 unspecified atom stereocenters. The molecule has 12 nitrogen and oxygen atoms in total. The Morgan fingerprint density at radius 1 is 1.20 bits per heavy atom. The maximum atomic E-state index is 13.4. The van der Waals surface area contributed by atoms with Crippen LogP contribution >= 0.6 is 11.3 Å². The van der Waals surface area contributed by atoms with Gasteiger partial charge in [0.1, 0.15) is 17.7 Å². The molecule has 0 spiro atoms. The summed E-state index contributed by atoms with van der Waals surface area (Å²) in [5.74, 6) is 0.740. The van der Waals surface area contributed by atoms with Gasteiger partial charge in [0.2, 0.25) is 21.1 Å². The van der Waals surface area contributed by atoms with Crippen LogP contribution in [0, 0.1) is 17.2 Å². The Bertz CT molecular complexity index is 1830. The van der Waals surface area contributed by atoms with Gasteiger partial charge in [0.25, 0.3) is 6.43 Å². The van der Waals surface area contributed by atoms with Crippen molar-refractivity contribution in [3.63, 3.8) is 0 Å². The van der Waals surface area contributed by atoms with Crippen molar-refractivity contribution in [3.05, 3.63) is 29.5 Å². The minimum Gasteiger partial charge on any atom is -0.345 e. The maximum absolute atomic E-state index is 13.4. The van der Waals surface area contributed by atoms with Crippen LogP contribution in [0.15, 0.2) is 29.4 Å². The third kappa shape index (κ3) is 4.87. The lowest BCUT2D eigenvalue weighted by Gasteiger charge is -2.36. The van der Waals surface area contributed by atoms with Gasteiger partial charge in [-0.3, -0.25) is 9.36 Å². The molecule has 3 aromatic heterocycles. The number of nitrogens with one attached hydrogen (secondary N) is 1. The van der Waals surface area contributed by atoms with Crippen LogP contribution < -0.4 is 9.62 Å². The second-order valence-electron chi connectivity index (χ2n) is 10.6. The van der Waals surface area contributed by atoms with E-state index in [-0.39, 0.29) is 22.5 Å². The topological polar surface area (TPSA) is 150 Å². The molecule has 4 heterocycles. The Hall–Kier alpha value is -3.81. The molecule has 214 valence electrons. The van der Waals surface area contributed by atoms with Gasteiger partial charge >= 0.3 is 0 Å². The van der Waals surface area contributed by atoms with Crippen molar-refractivity contribution < 1.29 is 22.0 Å². The minimum atomic E-state index is -4.09. The molecule has 1 N–H and O–H groups in total. The van der Waals surface area contributed by atoms with Crippen LogP contribution in [0.2, 0.25) is 0 Å². The van der Waals surface area contributed by atoms with Gasteiger partial charge in [-0.1, -0.05) is 31.3 Å². The molecule has 2 aliphatic rings. The number of anilines is 1. The van der Waals surface area contributed by atoms with E-state index in [1.165, 1.54) is 23.0 Å². The summed E-state index contributed by atoms with van der Waals surface area (Å²) in [7, 11) is -4.09. The highest BCUT2D eigenvalue weighted by atomic mass is 32.2. The number of amides is 1. The van der Waals surface area contributed by atoms with Crippen molar-refractivity contribution in [3.8, 4) is 11.2 Å². The summed E-state index contributed by atoms with van der Waals surface area (Å²) < 4.78 is 57.3. The molecule has 1 aromatic carbocycles. The summed E-state index contributed by atoms with van der Waals surface area (Å²) in [6.45, 7) is 5.84. The summed E-state index contributed by atoms with van der Waals surface area (Å²) >= 11 is 0.661. The summed E-state index contributed by atoms with van der Waals surface area (Å²) in [5.41, 5.74) is -0.500. The van der Waals surface area contributed by atoms with Gasteiger partial charge in [0, 0.05) is 25.0 Å². The van der Waals surface area contributed by atoms with Gasteiger partial charge in [0.05, 0.1) is 28.4 Å². The zero-order valence-corrected chi connectivity index (χ0v) is 23.7. The standard InChI is InChI=1S/C25H25F2N9O3S2/c1-14(2)10-34-7-8-35(11-18(34)37)21-19-16-4-3-15(41(38,39)33-25(12-28)5-6-25)9-17(16)36(22(19)30-13-29-21)24-32-31-23(40-24)20(26)27/h3-4,9,13-14,20,33H,5-8,10-11H2,1-2H3. The van der Waals surface area contributed by atoms with Crippen LogP contribution in [0.25, 0.3) is 27.1 Å². The van der Waals surface area contributed by atoms with Gasteiger partial charge in [-0.05, 0) is 30.9 Å². The van der Waals surface area contributed by atoms with E-state index in [1.54, 1.807) is 6.07 Å². The van der Waals surface area contributed by atoms with Crippen LogP contribution in [-0.2, 0) is 14.8 Å². The number of alkyl halides is 2. The summed E-state index contributed by atoms with van der Waals surface area (Å²) in [4.78, 5) is 25.4. The predicted octanol–water partition coefficient (Wildman–Crippen LogP) is 3.00. The predicted molar refractivity (Wildman–Crippen MR) is 146 cm³/mol. The SMILES string of the molecule is CC(C)CN1CCN(c2ncnc3c2c2ccc(S(=O)(=O)NC4(C#N)CC4)cc2n3-c2nnc(C(F)F)s2)CC1=O. The number of nitriles is 1. The zero-order valence-electron chi connectivity index (χ0n) is 22.1. The molecular formula is C25H25F2N9O3S2. The Labute approximate surface area is 237 Å². The lowest BCUT2D eigenvalue weighted by atomic mass is 10.1. The first-order valence-electron chi connectivity index (χ1n) is 12.9. The quantitative estimate of drug-likeness (QED) is 0.322. The molecule has 41 heavy (non-hydrogen) atoms. The third-order valence-corrected chi connectivity index (χ3v) is 9.56. The normalized spacial score (nSPS) is 17.2. The van der Waals surface area contributed by atoms with E-state index in [4.69, 9.17) is 0 Å². The summed E-state index contributed by atoms with van der Waals surface area (Å²) in [6.07, 6.45) is -0.701. The van der Waals surface area contributed by atoms with E-state index in [9.17, 15) is 27.3 Å². The van der Waals surface area contributed by atoms with Crippen molar-refractivity contribution in [2.45, 2.75) is 43.5 Å². The van der Waals surface area contributed by atoms with Crippen LogP contribution in [0.4, 0.5) is 14.6 Å². The fraction of sp³-hybridized carbons (Fsp3) is 0.440. The van der Waals surface area contributed by atoms with Crippen molar-refractivity contribution in [2.24, 2.45) is 5.92 Å². The molecule has 1 aliphatic carbocycles. The van der Waals surface area contributed by atoms with Gasteiger partial charge in [-0.25, -0.2) is 27.2 Å². The first-order valence-corrected chi connectivity index (χ1v) is 15.2. The average Bonchev–Trinajstić information content (AvgIpc) is 3.37. The molecular weight excluding hydrogens is 576 g/mol. The molecule has 1 saturated heterocycles. The van der Waals surface area contributed by atoms with Crippen LogP contribution in [0.3, 0.4) is 0 Å². The number of nitrogens with zero attached hydrogens (tertiary/aromatic N) is 8. The molecule has 2 fully saturated rings. The molecule has 6 rings (SSSR count). The zero-order chi connectivity index (χ0) is 29.1. The number of fused-ring (bicyclic) bond motifs is 3. The van der Waals surface area contributed by atoms with Crippen molar-refractivity contribution in [1.29, 1.82) is 5.26 Å². The number of carbonyl (C=O) groups excluding carboxylic acids is 1. The smallest absolute Gasteiger partial charge is 0.291 e. The van der Waals surface area contributed by atoms with Crippen LogP contribution in [0.1, 0.15) is 38.1 Å². The number of rotatable bonds is 8. The monoisotopic (exact) mass is 601 g/mol. The number of sulfonamides is 1. The number of aromatic nitrogens is 5. The third-order valence-electron chi connectivity index (χ3n) is 7.11. The second-order valence-corrected chi connectivity index (χ2v) is 13.3. The number of benzene rings is 1. The Morgan fingerprint density at radius 2 is 1.98 bits per heavy atom. The largest absolute Gasteiger partial charge is 0.345 e. The minimum absolute atomic E-state index is 0.0444. The molecule has 0 bridgehead atoms. The number of piperazine rings is 1. The van der Waals surface area contributed by atoms with E-state index in [0.29, 0.717) is 77.5 Å². The number of hydrogen-bond donors (Lipinski definition) is 1. The number of hydrogen-bond acceptors (Lipinski definition) is 10. The van der Waals surface area contributed by atoms with Gasteiger partial charge in [-0.15, -0.1) is 10.2 Å². The Kier molecular flexibility index (Phi) is 6.63. The molecule has 1 aliphatic heterocycles. The summed E-state index contributed by atoms with van der Waals surface area (Å²) in [5, 5.41) is 17.6. The molecule has 0 atom stereocenters. The first kappa shape index (κ1) is 27.4. The van der Waals surface area contributed by atoms with Crippen LogP contribution in [-0.4, -0.2) is 75.7 Å². The molecule has 0 radical (unpaired) electrons.